The van der Waals surface area contributed by atoms with Gasteiger partial charge in [0.25, 0.3) is 0 Å². The van der Waals surface area contributed by atoms with Gasteiger partial charge in [-0.15, -0.1) is 0 Å². The Morgan fingerprint density at radius 1 is 1.39 bits per heavy atom. The summed E-state index contributed by atoms with van der Waals surface area (Å²) in [6.45, 7) is 5.46. The summed E-state index contributed by atoms with van der Waals surface area (Å²) < 4.78 is 5.26. The topological polar surface area (TPSA) is 71.5 Å². The first-order valence-corrected chi connectivity index (χ1v) is 8.14. The third-order valence-corrected chi connectivity index (χ3v) is 4.55. The van der Waals surface area contributed by atoms with Crippen molar-refractivity contribution in [1.29, 1.82) is 0 Å². The Kier molecular flexibility index (Phi) is 2.81. The van der Waals surface area contributed by atoms with E-state index < -0.39 is 11.7 Å². The van der Waals surface area contributed by atoms with Crippen LogP contribution in [-0.2, 0) is 14.9 Å². The van der Waals surface area contributed by atoms with Crippen LogP contribution in [0.4, 0.5) is 16.3 Å². The van der Waals surface area contributed by atoms with Crippen molar-refractivity contribution in [1.82, 2.24) is 4.98 Å². The van der Waals surface area contributed by atoms with E-state index in [1.807, 2.05) is 31.7 Å². The predicted molar refractivity (Wildman–Crippen MR) is 85.5 cm³/mol. The Morgan fingerprint density at radius 3 is 2.65 bits per heavy atom. The second-order valence-corrected chi connectivity index (χ2v) is 7.71. The minimum Gasteiger partial charge on any atom is -0.444 e. The summed E-state index contributed by atoms with van der Waals surface area (Å²) in [5.74, 6) is 0.974. The second kappa shape index (κ2) is 4.46. The standard InChI is InChI=1S/C17H21N3O3/c1-16(2,3)23-15(22)19-10-8-12-13(18-9-10)20(11-4-5-11)14(21)17(12)6-7-17/h8-9,11H,4-7H2,1-3H3,(H,19,22). The lowest BCUT2D eigenvalue weighted by molar-refractivity contribution is -0.120. The zero-order valence-electron chi connectivity index (χ0n) is 13.7. The maximum absolute atomic E-state index is 12.7. The normalized spacial score (nSPS) is 21.3. The van der Waals surface area contributed by atoms with Crippen LogP contribution in [-0.4, -0.2) is 28.6 Å². The van der Waals surface area contributed by atoms with Gasteiger partial charge in [-0.1, -0.05) is 0 Å². The summed E-state index contributed by atoms with van der Waals surface area (Å²) in [6, 6.07) is 2.21. The second-order valence-electron chi connectivity index (χ2n) is 7.71. The minimum absolute atomic E-state index is 0.192. The number of amides is 2. The van der Waals surface area contributed by atoms with Gasteiger partial charge in [-0.2, -0.15) is 0 Å². The first-order chi connectivity index (χ1) is 10.8. The van der Waals surface area contributed by atoms with Crippen LogP contribution in [0.1, 0.15) is 52.0 Å². The summed E-state index contributed by atoms with van der Waals surface area (Å²) in [4.78, 5) is 31.0. The maximum Gasteiger partial charge on any atom is 0.412 e. The molecule has 6 nitrogen and oxygen atoms in total. The van der Waals surface area contributed by atoms with Crippen LogP contribution in [0, 0.1) is 0 Å². The van der Waals surface area contributed by atoms with Crippen molar-refractivity contribution >= 4 is 23.5 Å². The highest BCUT2D eigenvalue weighted by molar-refractivity contribution is 6.10. The fraction of sp³-hybridized carbons (Fsp3) is 0.588. The Bertz CT molecular complexity index is 700. The van der Waals surface area contributed by atoms with Crippen LogP contribution in [0.5, 0.6) is 0 Å². The highest BCUT2D eigenvalue weighted by Gasteiger charge is 2.62. The SMILES string of the molecule is CC(C)(C)OC(=O)Nc1cnc2c(c1)C1(CC1)C(=O)N2C1CC1. The number of nitrogens with zero attached hydrogens (tertiary/aromatic N) is 2. The molecule has 1 N–H and O–H groups in total. The van der Waals surface area contributed by atoms with Crippen molar-refractivity contribution in [3.05, 3.63) is 17.8 Å². The molecule has 2 saturated carbocycles. The number of carbonyl (C=O) groups is 2. The zero-order chi connectivity index (χ0) is 16.4. The van der Waals surface area contributed by atoms with Gasteiger partial charge in [0.1, 0.15) is 11.4 Å². The smallest absolute Gasteiger partial charge is 0.412 e. The highest BCUT2D eigenvalue weighted by Crippen LogP contribution is 2.58. The first-order valence-electron chi connectivity index (χ1n) is 8.14. The molecule has 0 bridgehead atoms. The molecule has 1 aliphatic heterocycles. The molecule has 0 saturated heterocycles. The number of fused-ring (bicyclic) bond motifs is 2. The lowest BCUT2D eigenvalue weighted by atomic mass is 9.99. The van der Waals surface area contributed by atoms with Gasteiger partial charge in [-0.25, -0.2) is 9.78 Å². The molecule has 1 aromatic heterocycles. The molecule has 4 rings (SSSR count). The van der Waals surface area contributed by atoms with Crippen molar-refractivity contribution in [2.45, 2.75) is 63.5 Å². The number of nitrogens with one attached hydrogen (secondary N) is 1. The number of carbonyl (C=O) groups excluding carboxylic acids is 2. The molecule has 1 aromatic rings. The fourth-order valence-electron chi connectivity index (χ4n) is 3.21. The van der Waals surface area contributed by atoms with E-state index in [9.17, 15) is 9.59 Å². The Morgan fingerprint density at radius 2 is 2.09 bits per heavy atom. The molecule has 1 spiro atoms. The van der Waals surface area contributed by atoms with Gasteiger partial charge in [0.2, 0.25) is 5.91 Å². The summed E-state index contributed by atoms with van der Waals surface area (Å²) in [6.07, 6.45) is 4.96. The number of aromatic nitrogens is 1. The third kappa shape index (κ3) is 2.36. The average Bonchev–Trinajstić information content (AvgIpc) is 3.32. The third-order valence-electron chi connectivity index (χ3n) is 4.55. The van der Waals surface area contributed by atoms with Crippen molar-refractivity contribution in [3.8, 4) is 0 Å². The average molecular weight is 315 g/mol. The molecule has 2 heterocycles. The number of pyridine rings is 1. The van der Waals surface area contributed by atoms with Crippen LogP contribution < -0.4 is 10.2 Å². The number of anilines is 2. The van der Waals surface area contributed by atoms with Gasteiger partial charge in [0, 0.05) is 11.6 Å². The molecule has 23 heavy (non-hydrogen) atoms. The molecule has 2 amide bonds. The maximum atomic E-state index is 12.7. The van der Waals surface area contributed by atoms with E-state index in [1.165, 1.54) is 0 Å². The van der Waals surface area contributed by atoms with Crippen LogP contribution >= 0.6 is 0 Å². The van der Waals surface area contributed by atoms with E-state index in [4.69, 9.17) is 4.74 Å². The van der Waals surface area contributed by atoms with E-state index in [0.717, 1.165) is 37.1 Å². The lowest BCUT2D eigenvalue weighted by Gasteiger charge is -2.20. The molecule has 0 radical (unpaired) electrons. The Hall–Kier alpha value is -2.11. The Balaban J connectivity index is 1.61. The minimum atomic E-state index is -0.551. The van der Waals surface area contributed by atoms with Gasteiger partial charge >= 0.3 is 6.09 Å². The van der Waals surface area contributed by atoms with E-state index in [0.29, 0.717) is 11.7 Å². The van der Waals surface area contributed by atoms with Gasteiger partial charge in [0.15, 0.2) is 0 Å². The molecule has 0 aromatic carbocycles. The zero-order valence-corrected chi connectivity index (χ0v) is 13.7. The molecule has 122 valence electrons. The van der Waals surface area contributed by atoms with Crippen LogP contribution in [0.15, 0.2) is 12.3 Å². The van der Waals surface area contributed by atoms with Gasteiger partial charge in [0.05, 0.1) is 17.3 Å². The van der Waals surface area contributed by atoms with Crippen molar-refractivity contribution in [3.63, 3.8) is 0 Å². The van der Waals surface area contributed by atoms with E-state index in [2.05, 4.69) is 10.3 Å². The molecule has 6 heteroatoms. The number of hydrogen-bond donors (Lipinski definition) is 1. The lowest BCUT2D eigenvalue weighted by Crippen LogP contribution is -2.34. The molecular formula is C17H21N3O3. The quantitative estimate of drug-likeness (QED) is 0.910. The molecule has 0 unspecified atom stereocenters. The van der Waals surface area contributed by atoms with Crippen LogP contribution in [0.3, 0.4) is 0 Å². The molecular weight excluding hydrogens is 294 g/mol. The monoisotopic (exact) mass is 315 g/mol. The fourth-order valence-corrected chi connectivity index (χ4v) is 3.21. The van der Waals surface area contributed by atoms with E-state index >= 15 is 0 Å². The summed E-state index contributed by atoms with van der Waals surface area (Å²) in [5.41, 5.74) is 0.610. The van der Waals surface area contributed by atoms with E-state index in [-0.39, 0.29) is 11.3 Å². The first kappa shape index (κ1) is 14.5. The number of ether oxygens (including phenoxy) is 1. The molecule has 2 fully saturated rings. The van der Waals surface area contributed by atoms with Crippen LogP contribution in [0.25, 0.3) is 0 Å². The van der Waals surface area contributed by atoms with E-state index in [1.54, 1.807) is 6.20 Å². The molecule has 0 atom stereocenters. The molecule has 2 aliphatic carbocycles. The summed E-state index contributed by atoms with van der Waals surface area (Å²) >= 11 is 0. The number of rotatable bonds is 2. The van der Waals surface area contributed by atoms with Crippen molar-refractivity contribution < 1.29 is 14.3 Å². The van der Waals surface area contributed by atoms with Crippen LogP contribution in [0.2, 0.25) is 0 Å². The number of hydrogen-bond acceptors (Lipinski definition) is 4. The van der Waals surface area contributed by atoms with Crippen molar-refractivity contribution in [2.75, 3.05) is 10.2 Å². The Labute approximate surface area is 135 Å². The highest BCUT2D eigenvalue weighted by atomic mass is 16.6. The largest absolute Gasteiger partial charge is 0.444 e. The summed E-state index contributed by atoms with van der Waals surface area (Å²) in [7, 11) is 0. The van der Waals surface area contributed by atoms with Gasteiger partial charge in [-0.05, 0) is 52.5 Å². The predicted octanol–water partition coefficient (Wildman–Crippen LogP) is 2.97. The summed E-state index contributed by atoms with van der Waals surface area (Å²) in [5, 5.41) is 2.71. The van der Waals surface area contributed by atoms with Crippen molar-refractivity contribution in [2.24, 2.45) is 0 Å². The van der Waals surface area contributed by atoms with Gasteiger partial charge < -0.3 is 4.74 Å². The molecule has 3 aliphatic rings. The van der Waals surface area contributed by atoms with Gasteiger partial charge in [-0.3, -0.25) is 15.0 Å².